The summed E-state index contributed by atoms with van der Waals surface area (Å²) in [5.41, 5.74) is 0. The molecule has 0 radical (unpaired) electrons. The minimum absolute atomic E-state index is 0.200. The van der Waals surface area contributed by atoms with Crippen molar-refractivity contribution in [2.75, 3.05) is 33.4 Å². The topological polar surface area (TPSA) is 49.9 Å². The Morgan fingerprint density at radius 2 is 1.56 bits per heavy atom. The van der Waals surface area contributed by atoms with Gasteiger partial charge in [0, 0.05) is 38.8 Å². The monoisotopic (exact) mass is 520 g/mol. The van der Waals surface area contributed by atoms with Crippen LogP contribution in [0, 0.1) is 35.5 Å². The van der Waals surface area contributed by atoms with Crippen LogP contribution in [0.25, 0.3) is 0 Å². The van der Waals surface area contributed by atoms with E-state index in [1.807, 2.05) is 11.4 Å². The summed E-state index contributed by atoms with van der Waals surface area (Å²) in [6.07, 6.45) is 19.6. The summed E-state index contributed by atoms with van der Waals surface area (Å²) >= 11 is 0. The Labute approximate surface area is 221 Å². The molecule has 0 aromatic carbocycles. The van der Waals surface area contributed by atoms with E-state index in [0.29, 0.717) is 37.0 Å². The smallest absolute Gasteiger partial charge is 0.217 e. The Morgan fingerprint density at radius 1 is 0.833 bits per heavy atom. The van der Waals surface area contributed by atoms with Crippen LogP contribution in [0.3, 0.4) is 0 Å². The first-order chi connectivity index (χ1) is 17.4. The van der Waals surface area contributed by atoms with Gasteiger partial charge in [-0.05, 0) is 80.5 Å². The first-order valence-corrected chi connectivity index (χ1v) is 16.8. The van der Waals surface area contributed by atoms with Gasteiger partial charge in [-0.25, -0.2) is 8.42 Å². The standard InChI is InChI=1S/C30H52N2O3S/c1-22-9-8-11-26(19-22)24-13-15-25(16-14-24)30-27-20-31(17-6-7-18-32(27)28(30)21-35-3)36(33,34)29-12-5-4-10-23(29)2/h6-7,22-30H,4-5,8-21H2,1-3H3/b7-6-/t22?,23?,24?,25?,26?,27?,28-,29?,30+/m1/s1. The van der Waals surface area contributed by atoms with E-state index in [0.717, 1.165) is 50.2 Å². The van der Waals surface area contributed by atoms with Crippen molar-refractivity contribution in [1.82, 2.24) is 9.21 Å². The highest BCUT2D eigenvalue weighted by Crippen LogP contribution is 2.49. The van der Waals surface area contributed by atoms with Crippen LogP contribution < -0.4 is 0 Å². The van der Waals surface area contributed by atoms with Crippen LogP contribution in [0.15, 0.2) is 12.2 Å². The number of ether oxygens (including phenoxy) is 1. The van der Waals surface area contributed by atoms with Gasteiger partial charge in [-0.1, -0.05) is 58.1 Å². The number of nitrogens with zero attached hydrogens (tertiary/aromatic N) is 2. The van der Waals surface area contributed by atoms with Crippen molar-refractivity contribution in [2.45, 2.75) is 108 Å². The average Bonchev–Trinajstić information content (AvgIpc) is 2.85. The Morgan fingerprint density at radius 3 is 2.28 bits per heavy atom. The molecule has 5 rings (SSSR count). The zero-order valence-electron chi connectivity index (χ0n) is 23.2. The molecule has 1 saturated heterocycles. The number of fused-ring (bicyclic) bond motifs is 1. The molecule has 0 bridgehead atoms. The van der Waals surface area contributed by atoms with E-state index >= 15 is 0 Å². The van der Waals surface area contributed by atoms with E-state index in [2.05, 4.69) is 30.9 Å². The molecule has 4 fully saturated rings. The predicted molar refractivity (Wildman–Crippen MR) is 147 cm³/mol. The molecule has 0 spiro atoms. The zero-order chi connectivity index (χ0) is 25.3. The zero-order valence-corrected chi connectivity index (χ0v) is 24.0. The van der Waals surface area contributed by atoms with E-state index in [9.17, 15) is 8.42 Å². The number of hydrogen-bond acceptors (Lipinski definition) is 4. The second kappa shape index (κ2) is 11.8. The second-order valence-corrected chi connectivity index (χ2v) is 15.4. The van der Waals surface area contributed by atoms with Crippen molar-refractivity contribution in [3.63, 3.8) is 0 Å². The highest BCUT2D eigenvalue weighted by atomic mass is 32.2. The molecular weight excluding hydrogens is 468 g/mol. The van der Waals surface area contributed by atoms with E-state index in [1.165, 1.54) is 57.8 Å². The summed E-state index contributed by atoms with van der Waals surface area (Å²) < 4.78 is 35.3. The minimum Gasteiger partial charge on any atom is -0.383 e. The first kappa shape index (κ1) is 27.1. The second-order valence-electron chi connectivity index (χ2n) is 13.2. The van der Waals surface area contributed by atoms with E-state index < -0.39 is 10.0 Å². The van der Waals surface area contributed by atoms with E-state index in [4.69, 9.17) is 4.74 Å². The van der Waals surface area contributed by atoms with Gasteiger partial charge in [0.05, 0.1) is 11.9 Å². The van der Waals surface area contributed by atoms with Crippen molar-refractivity contribution in [2.24, 2.45) is 35.5 Å². The normalized spacial score (nSPS) is 44.1. The number of methoxy groups -OCH3 is 1. The Kier molecular flexibility index (Phi) is 8.86. The molecular formula is C30H52N2O3S. The van der Waals surface area contributed by atoms with Crippen LogP contribution >= 0.6 is 0 Å². The maximum atomic E-state index is 13.9. The molecule has 0 aromatic heterocycles. The third-order valence-electron chi connectivity index (χ3n) is 11.0. The van der Waals surface area contributed by atoms with E-state index in [1.54, 1.807) is 0 Å². The lowest BCUT2D eigenvalue weighted by atomic mass is 9.62. The van der Waals surface area contributed by atoms with Crippen molar-refractivity contribution in [3.8, 4) is 0 Å². The summed E-state index contributed by atoms with van der Waals surface area (Å²) in [5, 5.41) is -0.200. The molecule has 3 aliphatic carbocycles. The molecule has 3 saturated carbocycles. The SMILES string of the molecule is COC[C@@H]1[C@@H](C2CCC(C3CCCC(C)C3)CC2)C2CN(S(=O)(=O)C3CCCCC3C)C/C=C\CN21. The van der Waals surface area contributed by atoms with Gasteiger partial charge in [-0.2, -0.15) is 4.31 Å². The molecule has 5 unspecified atom stereocenters. The Hall–Kier alpha value is -0.430. The Balaban J connectivity index is 1.29. The van der Waals surface area contributed by atoms with E-state index in [-0.39, 0.29) is 11.2 Å². The molecule has 0 amide bonds. The molecule has 5 nitrogen and oxygen atoms in total. The van der Waals surface area contributed by atoms with Crippen molar-refractivity contribution in [1.29, 1.82) is 0 Å². The van der Waals surface area contributed by atoms with Crippen LogP contribution in [-0.4, -0.2) is 68.3 Å². The molecule has 36 heavy (non-hydrogen) atoms. The molecule has 0 aromatic rings. The maximum absolute atomic E-state index is 13.9. The van der Waals surface area contributed by atoms with Crippen LogP contribution in [0.4, 0.5) is 0 Å². The van der Waals surface area contributed by atoms with Gasteiger partial charge >= 0.3 is 0 Å². The summed E-state index contributed by atoms with van der Waals surface area (Å²) in [4.78, 5) is 2.56. The number of hydrogen-bond donors (Lipinski definition) is 0. The molecule has 5 aliphatic rings. The average molecular weight is 521 g/mol. The lowest BCUT2D eigenvalue weighted by molar-refractivity contribution is -0.118. The van der Waals surface area contributed by atoms with Gasteiger partial charge in [0.2, 0.25) is 10.0 Å². The minimum atomic E-state index is -3.28. The fraction of sp³-hybridized carbons (Fsp3) is 0.933. The van der Waals surface area contributed by atoms with Gasteiger partial charge in [-0.15, -0.1) is 0 Å². The summed E-state index contributed by atoms with van der Waals surface area (Å²) in [5.74, 6) is 4.33. The predicted octanol–water partition coefficient (Wildman–Crippen LogP) is 5.71. The Bertz CT molecular complexity index is 852. The van der Waals surface area contributed by atoms with Gasteiger partial charge < -0.3 is 4.74 Å². The summed E-state index contributed by atoms with van der Waals surface area (Å²) in [6.45, 7) is 7.51. The van der Waals surface area contributed by atoms with Crippen LogP contribution in [0.1, 0.15) is 90.9 Å². The lowest BCUT2D eigenvalue weighted by Gasteiger charge is -2.60. The summed E-state index contributed by atoms with van der Waals surface area (Å²) in [6, 6.07) is 0.761. The lowest BCUT2D eigenvalue weighted by Crippen LogP contribution is -2.71. The van der Waals surface area contributed by atoms with Crippen LogP contribution in [-0.2, 0) is 14.8 Å². The van der Waals surface area contributed by atoms with Gasteiger partial charge in [0.1, 0.15) is 0 Å². The molecule has 2 aliphatic heterocycles. The van der Waals surface area contributed by atoms with Crippen molar-refractivity contribution in [3.05, 3.63) is 12.2 Å². The fourth-order valence-electron chi connectivity index (χ4n) is 9.05. The van der Waals surface area contributed by atoms with Gasteiger partial charge in [-0.3, -0.25) is 4.90 Å². The van der Waals surface area contributed by atoms with Gasteiger partial charge in [0.15, 0.2) is 0 Å². The van der Waals surface area contributed by atoms with Crippen molar-refractivity contribution >= 4 is 10.0 Å². The fourth-order valence-corrected chi connectivity index (χ4v) is 11.3. The van der Waals surface area contributed by atoms with Crippen LogP contribution in [0.2, 0.25) is 0 Å². The first-order valence-electron chi connectivity index (χ1n) is 15.3. The quantitative estimate of drug-likeness (QED) is 0.421. The van der Waals surface area contributed by atoms with Gasteiger partial charge in [0.25, 0.3) is 0 Å². The molecule has 6 heteroatoms. The third-order valence-corrected chi connectivity index (χ3v) is 13.5. The third kappa shape index (κ3) is 5.49. The largest absolute Gasteiger partial charge is 0.383 e. The highest BCUT2D eigenvalue weighted by Gasteiger charge is 2.53. The summed E-state index contributed by atoms with van der Waals surface area (Å²) in [7, 11) is -1.46. The molecule has 2 heterocycles. The number of rotatable bonds is 6. The molecule has 7 atom stereocenters. The van der Waals surface area contributed by atoms with Crippen molar-refractivity contribution < 1.29 is 13.2 Å². The molecule has 0 N–H and O–H groups in total. The molecule has 206 valence electrons. The van der Waals surface area contributed by atoms with Crippen LogP contribution in [0.5, 0.6) is 0 Å². The number of sulfonamides is 1. The highest BCUT2D eigenvalue weighted by molar-refractivity contribution is 7.89. The maximum Gasteiger partial charge on any atom is 0.217 e.